The predicted molar refractivity (Wildman–Crippen MR) is 132 cm³/mol. The molecule has 0 spiro atoms. The maximum atomic E-state index is 12.8. The first-order valence-corrected chi connectivity index (χ1v) is 12.7. The largest absolute Gasteiger partial charge is 0.493 e. The van der Waals surface area contributed by atoms with Gasteiger partial charge in [0.25, 0.3) is 0 Å². The van der Waals surface area contributed by atoms with E-state index in [2.05, 4.69) is 15.5 Å². The zero-order valence-electron chi connectivity index (χ0n) is 19.9. The van der Waals surface area contributed by atoms with E-state index < -0.39 is 9.84 Å². The van der Waals surface area contributed by atoms with Crippen molar-refractivity contribution in [1.82, 2.24) is 10.2 Å². The van der Waals surface area contributed by atoms with E-state index in [1.54, 1.807) is 62.8 Å². The second kappa shape index (κ2) is 10.3. The lowest BCUT2D eigenvalue weighted by Crippen LogP contribution is -2.38. The summed E-state index contributed by atoms with van der Waals surface area (Å²) in [5.74, 6) is 1.53. The Bertz CT molecular complexity index is 1290. The van der Waals surface area contributed by atoms with Gasteiger partial charge >= 0.3 is 0 Å². The number of methoxy groups -OCH3 is 2. The summed E-state index contributed by atoms with van der Waals surface area (Å²) >= 11 is 0. The maximum Gasteiger partial charge on any atom is 0.227 e. The van der Waals surface area contributed by atoms with Gasteiger partial charge in [-0.15, -0.1) is 10.2 Å². The van der Waals surface area contributed by atoms with Gasteiger partial charge < -0.3 is 19.7 Å². The number of amides is 1. The highest BCUT2D eigenvalue weighted by molar-refractivity contribution is 7.91. The van der Waals surface area contributed by atoms with Crippen LogP contribution in [0, 0.1) is 12.8 Å². The molecule has 1 aliphatic rings. The molecule has 0 radical (unpaired) electrons. The fraction of sp³-hybridized carbons (Fsp3) is 0.320. The third-order valence-electron chi connectivity index (χ3n) is 6.07. The van der Waals surface area contributed by atoms with Crippen LogP contribution >= 0.6 is 0 Å². The SMILES string of the molecule is COc1ccc(NC(=O)C2CCN(c3ccc(S(=O)(=O)c4ccc(C)cc4)nn3)CC2)cc1OC. The van der Waals surface area contributed by atoms with E-state index in [4.69, 9.17) is 9.47 Å². The minimum Gasteiger partial charge on any atom is -0.493 e. The standard InChI is InChI=1S/C25H28N4O5S/c1-17-4-7-20(8-5-17)35(31,32)24-11-10-23(27-28-24)29-14-12-18(13-15-29)25(30)26-19-6-9-21(33-2)22(16-19)34-3/h4-11,16,18H,12-15H2,1-3H3,(H,26,30). The van der Waals surface area contributed by atoms with E-state index in [0.29, 0.717) is 48.9 Å². The van der Waals surface area contributed by atoms with Crippen molar-refractivity contribution in [2.24, 2.45) is 5.92 Å². The molecule has 0 atom stereocenters. The van der Waals surface area contributed by atoms with Gasteiger partial charge in [0.1, 0.15) is 0 Å². The molecular formula is C25H28N4O5S. The molecule has 0 saturated carbocycles. The quantitative estimate of drug-likeness (QED) is 0.529. The number of rotatable bonds is 7. The third-order valence-corrected chi connectivity index (χ3v) is 7.73. The highest BCUT2D eigenvalue weighted by atomic mass is 32.2. The smallest absolute Gasteiger partial charge is 0.227 e. The van der Waals surface area contributed by atoms with Gasteiger partial charge in [-0.05, 0) is 56.2 Å². The summed E-state index contributed by atoms with van der Waals surface area (Å²) in [7, 11) is -0.616. The summed E-state index contributed by atoms with van der Waals surface area (Å²) in [5, 5.41) is 11.0. The van der Waals surface area contributed by atoms with E-state index >= 15 is 0 Å². The number of nitrogens with zero attached hydrogens (tertiary/aromatic N) is 3. The van der Waals surface area contributed by atoms with Crippen LogP contribution in [0.2, 0.25) is 0 Å². The molecule has 9 nitrogen and oxygen atoms in total. The molecule has 4 rings (SSSR count). The zero-order chi connectivity index (χ0) is 25.0. The molecule has 35 heavy (non-hydrogen) atoms. The van der Waals surface area contributed by atoms with Crippen LogP contribution in [0.3, 0.4) is 0 Å². The van der Waals surface area contributed by atoms with Crippen molar-refractivity contribution in [3.8, 4) is 11.5 Å². The predicted octanol–water partition coefficient (Wildman–Crippen LogP) is 3.49. The zero-order valence-corrected chi connectivity index (χ0v) is 20.7. The number of aromatic nitrogens is 2. The first-order valence-electron chi connectivity index (χ1n) is 11.2. The number of nitrogens with one attached hydrogen (secondary N) is 1. The number of carbonyl (C=O) groups is 1. The number of benzene rings is 2. The summed E-state index contributed by atoms with van der Waals surface area (Å²) < 4.78 is 36.1. The fourth-order valence-corrected chi connectivity index (χ4v) is 5.12. The monoisotopic (exact) mass is 496 g/mol. The Morgan fingerprint density at radius 1 is 0.943 bits per heavy atom. The summed E-state index contributed by atoms with van der Waals surface area (Å²) in [6.07, 6.45) is 1.29. The molecule has 0 aliphatic carbocycles. The van der Waals surface area contributed by atoms with Crippen molar-refractivity contribution in [3.63, 3.8) is 0 Å². The van der Waals surface area contributed by atoms with Gasteiger partial charge in [0.2, 0.25) is 15.7 Å². The molecule has 10 heteroatoms. The van der Waals surface area contributed by atoms with Gasteiger partial charge in [-0.25, -0.2) is 8.42 Å². The maximum absolute atomic E-state index is 12.8. The Hall–Kier alpha value is -3.66. The van der Waals surface area contributed by atoms with Crippen LogP contribution in [0.4, 0.5) is 11.5 Å². The summed E-state index contributed by atoms with van der Waals surface area (Å²) in [6.45, 7) is 3.12. The molecule has 1 N–H and O–H groups in total. The van der Waals surface area contributed by atoms with Gasteiger partial charge in [-0.2, -0.15) is 0 Å². The molecule has 0 bridgehead atoms. The molecule has 1 amide bonds. The number of ether oxygens (including phenoxy) is 2. The van der Waals surface area contributed by atoms with Crippen molar-refractivity contribution in [2.45, 2.75) is 29.7 Å². The highest BCUT2D eigenvalue weighted by Gasteiger charge is 2.27. The average molecular weight is 497 g/mol. The van der Waals surface area contributed by atoms with Crippen LogP contribution in [0.1, 0.15) is 18.4 Å². The van der Waals surface area contributed by atoms with Crippen molar-refractivity contribution in [3.05, 3.63) is 60.2 Å². The van der Waals surface area contributed by atoms with Crippen LogP contribution in [0.5, 0.6) is 11.5 Å². The Morgan fingerprint density at radius 2 is 1.63 bits per heavy atom. The molecule has 1 aliphatic heterocycles. The van der Waals surface area contributed by atoms with Crippen LogP contribution < -0.4 is 19.7 Å². The molecule has 3 aromatic rings. The fourth-order valence-electron chi connectivity index (χ4n) is 3.99. The first-order chi connectivity index (χ1) is 16.8. The number of hydrogen-bond donors (Lipinski definition) is 1. The second-order valence-electron chi connectivity index (χ2n) is 8.37. The van der Waals surface area contributed by atoms with Crippen molar-refractivity contribution in [2.75, 3.05) is 37.5 Å². The van der Waals surface area contributed by atoms with Gasteiger partial charge in [0.05, 0.1) is 19.1 Å². The van der Waals surface area contributed by atoms with Crippen molar-refractivity contribution in [1.29, 1.82) is 0 Å². The molecule has 0 unspecified atom stereocenters. The van der Waals surface area contributed by atoms with E-state index in [1.807, 2.05) is 11.8 Å². The minimum atomic E-state index is -3.72. The lowest BCUT2D eigenvalue weighted by molar-refractivity contribution is -0.120. The Morgan fingerprint density at radius 3 is 2.23 bits per heavy atom. The second-order valence-corrected chi connectivity index (χ2v) is 10.3. The topological polar surface area (TPSA) is 111 Å². The summed E-state index contributed by atoms with van der Waals surface area (Å²) in [4.78, 5) is 15.0. The Kier molecular flexibility index (Phi) is 7.20. The Balaban J connectivity index is 1.36. The molecule has 1 fully saturated rings. The van der Waals surface area contributed by atoms with Gasteiger partial charge in [-0.1, -0.05) is 17.7 Å². The first kappa shape index (κ1) is 24.5. The van der Waals surface area contributed by atoms with Gasteiger partial charge in [0.15, 0.2) is 22.3 Å². The molecular weight excluding hydrogens is 468 g/mol. The number of aryl methyl sites for hydroxylation is 1. The van der Waals surface area contributed by atoms with Crippen LogP contribution in [0.25, 0.3) is 0 Å². The van der Waals surface area contributed by atoms with Crippen molar-refractivity contribution < 1.29 is 22.7 Å². The molecule has 1 saturated heterocycles. The molecule has 1 aromatic heterocycles. The lowest BCUT2D eigenvalue weighted by Gasteiger charge is -2.31. The van der Waals surface area contributed by atoms with E-state index in [-0.39, 0.29) is 21.7 Å². The van der Waals surface area contributed by atoms with E-state index in [0.717, 1.165) is 5.56 Å². The summed E-state index contributed by atoms with van der Waals surface area (Å²) in [6, 6.07) is 15.0. The normalized spacial score (nSPS) is 14.4. The van der Waals surface area contributed by atoms with Gasteiger partial charge in [-0.3, -0.25) is 4.79 Å². The summed E-state index contributed by atoms with van der Waals surface area (Å²) in [5.41, 5.74) is 1.62. The average Bonchev–Trinajstić information content (AvgIpc) is 2.89. The van der Waals surface area contributed by atoms with Crippen molar-refractivity contribution >= 4 is 27.2 Å². The number of hydrogen-bond acceptors (Lipinski definition) is 8. The molecule has 184 valence electrons. The van der Waals surface area contributed by atoms with Crippen LogP contribution in [-0.4, -0.2) is 51.8 Å². The third kappa shape index (κ3) is 5.37. The number of piperidine rings is 1. The van der Waals surface area contributed by atoms with E-state index in [1.165, 1.54) is 6.07 Å². The molecule has 2 aromatic carbocycles. The Labute approximate surface area is 205 Å². The highest BCUT2D eigenvalue weighted by Crippen LogP contribution is 2.31. The van der Waals surface area contributed by atoms with Crippen LogP contribution in [-0.2, 0) is 14.6 Å². The minimum absolute atomic E-state index is 0.0532. The van der Waals surface area contributed by atoms with Crippen LogP contribution in [0.15, 0.2) is 64.5 Å². The van der Waals surface area contributed by atoms with E-state index in [9.17, 15) is 13.2 Å². The number of carbonyl (C=O) groups excluding carboxylic acids is 1. The van der Waals surface area contributed by atoms with Gasteiger partial charge in [0, 0.05) is 30.8 Å². The lowest BCUT2D eigenvalue weighted by atomic mass is 9.96. The molecule has 2 heterocycles. The number of anilines is 2. The number of sulfone groups is 1.